The van der Waals surface area contributed by atoms with E-state index in [1.807, 2.05) is 6.92 Å². The van der Waals surface area contributed by atoms with Gasteiger partial charge in [0, 0.05) is 12.7 Å². The van der Waals surface area contributed by atoms with Crippen LogP contribution in [0.25, 0.3) is 0 Å². The molecule has 0 bridgehead atoms. The van der Waals surface area contributed by atoms with Crippen LogP contribution in [-0.2, 0) is 0 Å². The van der Waals surface area contributed by atoms with Crippen LogP contribution in [0.2, 0.25) is 0 Å². The van der Waals surface area contributed by atoms with Crippen molar-refractivity contribution in [3.8, 4) is 0 Å². The minimum atomic E-state index is -0.249. The predicted molar refractivity (Wildman–Crippen MR) is 62.3 cm³/mol. The molecule has 15 heavy (non-hydrogen) atoms. The Morgan fingerprint density at radius 1 is 1.53 bits per heavy atom. The second-order valence-corrected chi connectivity index (χ2v) is 3.33. The molecule has 0 unspecified atom stereocenters. The van der Waals surface area contributed by atoms with E-state index < -0.39 is 0 Å². The number of amides is 1. The number of nitrogens with one attached hydrogen (secondary N) is 4. The highest BCUT2D eigenvalue weighted by atomic mass is 32.1. The zero-order valence-corrected chi connectivity index (χ0v) is 9.28. The molecule has 4 N–H and O–H groups in total. The van der Waals surface area contributed by atoms with Gasteiger partial charge in [-0.1, -0.05) is 6.92 Å². The molecule has 1 heterocycles. The lowest BCUT2D eigenvalue weighted by Crippen LogP contribution is -2.47. The predicted octanol–water partition coefficient (Wildman–Crippen LogP) is 0.534. The number of carbonyl (C=O) groups excluding carboxylic acids is 1. The number of carbonyl (C=O) groups is 1. The van der Waals surface area contributed by atoms with E-state index in [-0.39, 0.29) is 5.91 Å². The lowest BCUT2D eigenvalue weighted by atomic mass is 10.4. The van der Waals surface area contributed by atoms with Crippen molar-refractivity contribution in [1.82, 2.24) is 21.2 Å². The first-order valence-corrected chi connectivity index (χ1v) is 5.12. The van der Waals surface area contributed by atoms with Crippen LogP contribution >= 0.6 is 12.2 Å². The summed E-state index contributed by atoms with van der Waals surface area (Å²) in [7, 11) is 0. The van der Waals surface area contributed by atoms with Gasteiger partial charge in [0.15, 0.2) is 5.11 Å². The third-order valence-electron chi connectivity index (χ3n) is 1.67. The molecule has 0 aromatic carbocycles. The summed E-state index contributed by atoms with van der Waals surface area (Å²) in [6.45, 7) is 2.82. The zero-order chi connectivity index (χ0) is 11.1. The number of aromatic nitrogens is 1. The van der Waals surface area contributed by atoms with Crippen molar-refractivity contribution in [2.24, 2.45) is 0 Å². The maximum absolute atomic E-state index is 11.4. The normalized spacial score (nSPS) is 9.40. The summed E-state index contributed by atoms with van der Waals surface area (Å²) in [4.78, 5) is 14.2. The van der Waals surface area contributed by atoms with Gasteiger partial charge in [-0.25, -0.2) is 0 Å². The van der Waals surface area contributed by atoms with Crippen LogP contribution in [0.1, 0.15) is 23.8 Å². The molecule has 1 aromatic rings. The molecule has 0 aliphatic carbocycles. The first-order chi connectivity index (χ1) is 7.24. The monoisotopic (exact) mass is 226 g/mol. The van der Waals surface area contributed by atoms with Crippen LogP contribution < -0.4 is 16.2 Å². The molecular weight excluding hydrogens is 212 g/mol. The molecule has 0 saturated heterocycles. The Balaban J connectivity index is 2.25. The highest BCUT2D eigenvalue weighted by Crippen LogP contribution is 1.91. The lowest BCUT2D eigenvalue weighted by molar-refractivity contribution is 0.0939. The van der Waals surface area contributed by atoms with E-state index in [1.165, 1.54) is 0 Å². The summed E-state index contributed by atoms with van der Waals surface area (Å²) in [6, 6.07) is 3.43. The van der Waals surface area contributed by atoms with Crippen molar-refractivity contribution in [3.63, 3.8) is 0 Å². The quantitative estimate of drug-likeness (QED) is 0.448. The number of H-pyrrole nitrogens is 1. The molecule has 1 amide bonds. The number of hydrogen-bond donors (Lipinski definition) is 4. The van der Waals surface area contributed by atoms with Crippen molar-refractivity contribution in [2.75, 3.05) is 6.54 Å². The molecule has 0 aliphatic rings. The fourth-order valence-corrected chi connectivity index (χ4v) is 1.09. The Bertz CT molecular complexity index is 323. The minimum Gasteiger partial charge on any atom is -0.361 e. The highest BCUT2D eigenvalue weighted by Gasteiger charge is 2.04. The summed E-state index contributed by atoms with van der Waals surface area (Å²) < 4.78 is 0. The smallest absolute Gasteiger partial charge is 0.286 e. The molecule has 1 rings (SSSR count). The van der Waals surface area contributed by atoms with E-state index in [0.29, 0.717) is 10.8 Å². The third-order valence-corrected chi connectivity index (χ3v) is 1.91. The van der Waals surface area contributed by atoms with Gasteiger partial charge in [0.1, 0.15) is 5.69 Å². The van der Waals surface area contributed by atoms with Gasteiger partial charge in [-0.3, -0.25) is 15.6 Å². The molecule has 0 atom stereocenters. The summed E-state index contributed by atoms with van der Waals surface area (Å²) in [5, 5.41) is 3.34. The van der Waals surface area contributed by atoms with Crippen molar-refractivity contribution in [3.05, 3.63) is 24.0 Å². The van der Waals surface area contributed by atoms with Gasteiger partial charge in [0.2, 0.25) is 0 Å². The minimum absolute atomic E-state index is 0.249. The van der Waals surface area contributed by atoms with E-state index in [1.54, 1.807) is 18.3 Å². The molecule has 5 nitrogen and oxygen atoms in total. The Morgan fingerprint density at radius 2 is 2.33 bits per heavy atom. The Kier molecular flexibility index (Phi) is 4.62. The van der Waals surface area contributed by atoms with Crippen LogP contribution in [0.15, 0.2) is 18.3 Å². The van der Waals surface area contributed by atoms with E-state index in [2.05, 4.69) is 21.2 Å². The van der Waals surface area contributed by atoms with E-state index in [0.717, 1.165) is 13.0 Å². The average molecular weight is 226 g/mol. The van der Waals surface area contributed by atoms with Crippen LogP contribution in [0.3, 0.4) is 0 Å². The van der Waals surface area contributed by atoms with Gasteiger partial charge in [-0.2, -0.15) is 0 Å². The fraction of sp³-hybridized carbons (Fsp3) is 0.333. The lowest BCUT2D eigenvalue weighted by Gasteiger charge is -2.09. The van der Waals surface area contributed by atoms with Crippen LogP contribution in [0, 0.1) is 0 Å². The Labute approximate surface area is 93.6 Å². The van der Waals surface area contributed by atoms with Gasteiger partial charge >= 0.3 is 0 Å². The first kappa shape index (κ1) is 11.5. The van der Waals surface area contributed by atoms with Crippen molar-refractivity contribution >= 4 is 23.2 Å². The van der Waals surface area contributed by atoms with Crippen LogP contribution in [-0.4, -0.2) is 22.5 Å². The standard InChI is InChI=1S/C9H14N4OS/c1-2-5-11-9(15)13-12-8(14)7-4-3-6-10-7/h3-4,6,10H,2,5H2,1H3,(H,12,14)(H2,11,13,15). The van der Waals surface area contributed by atoms with E-state index in [9.17, 15) is 4.79 Å². The van der Waals surface area contributed by atoms with Crippen LogP contribution in [0.4, 0.5) is 0 Å². The fourth-order valence-electron chi connectivity index (χ4n) is 0.935. The van der Waals surface area contributed by atoms with Crippen molar-refractivity contribution in [1.29, 1.82) is 0 Å². The molecule has 0 aliphatic heterocycles. The topological polar surface area (TPSA) is 68.9 Å². The average Bonchev–Trinajstić information content (AvgIpc) is 2.76. The Morgan fingerprint density at radius 3 is 2.93 bits per heavy atom. The highest BCUT2D eigenvalue weighted by molar-refractivity contribution is 7.80. The summed E-state index contributed by atoms with van der Waals surface area (Å²) in [6.07, 6.45) is 2.66. The molecule has 82 valence electrons. The number of aromatic amines is 1. The molecule has 6 heteroatoms. The number of rotatable bonds is 3. The molecular formula is C9H14N4OS. The molecule has 1 aromatic heterocycles. The maximum Gasteiger partial charge on any atom is 0.286 e. The Hall–Kier alpha value is -1.56. The van der Waals surface area contributed by atoms with Crippen LogP contribution in [0.5, 0.6) is 0 Å². The summed E-state index contributed by atoms with van der Waals surface area (Å²) in [5.41, 5.74) is 5.56. The molecule has 0 fully saturated rings. The number of hydrazine groups is 1. The number of thiocarbonyl (C=S) groups is 1. The SMILES string of the molecule is CCCNC(=S)NNC(=O)c1ccc[nH]1. The van der Waals surface area contributed by atoms with E-state index in [4.69, 9.17) is 12.2 Å². The summed E-state index contributed by atoms with van der Waals surface area (Å²) in [5.74, 6) is -0.249. The van der Waals surface area contributed by atoms with Crippen molar-refractivity contribution < 1.29 is 4.79 Å². The largest absolute Gasteiger partial charge is 0.361 e. The van der Waals surface area contributed by atoms with Gasteiger partial charge < -0.3 is 10.3 Å². The molecule has 0 saturated carbocycles. The van der Waals surface area contributed by atoms with Gasteiger partial charge in [0.25, 0.3) is 5.91 Å². The van der Waals surface area contributed by atoms with Gasteiger partial charge in [0.05, 0.1) is 0 Å². The second kappa shape index (κ2) is 6.02. The molecule has 0 spiro atoms. The first-order valence-electron chi connectivity index (χ1n) is 4.71. The second-order valence-electron chi connectivity index (χ2n) is 2.92. The van der Waals surface area contributed by atoms with Crippen molar-refractivity contribution in [2.45, 2.75) is 13.3 Å². The number of hydrogen-bond acceptors (Lipinski definition) is 2. The van der Waals surface area contributed by atoms with Gasteiger partial charge in [-0.15, -0.1) is 0 Å². The third kappa shape index (κ3) is 3.99. The zero-order valence-electron chi connectivity index (χ0n) is 8.46. The van der Waals surface area contributed by atoms with Gasteiger partial charge in [-0.05, 0) is 30.8 Å². The van der Waals surface area contributed by atoms with E-state index >= 15 is 0 Å². The molecule has 0 radical (unpaired) electrons. The maximum atomic E-state index is 11.4. The summed E-state index contributed by atoms with van der Waals surface area (Å²) >= 11 is 4.92.